The van der Waals surface area contributed by atoms with Crippen molar-refractivity contribution in [1.82, 2.24) is 0 Å². The van der Waals surface area contributed by atoms with Gasteiger partial charge in [-0.3, -0.25) is 4.99 Å². The molecule has 19 heavy (non-hydrogen) atoms. The summed E-state index contributed by atoms with van der Waals surface area (Å²) < 4.78 is 5.18. The van der Waals surface area contributed by atoms with Gasteiger partial charge in [-0.15, -0.1) is 0 Å². The molecule has 0 amide bonds. The molecule has 0 radical (unpaired) electrons. The molecule has 0 saturated heterocycles. The molecule has 0 N–H and O–H groups in total. The highest BCUT2D eigenvalue weighted by molar-refractivity contribution is 5.92. The van der Waals surface area contributed by atoms with E-state index >= 15 is 0 Å². The molecule has 0 heterocycles. The molecular formula is C17H23NO. The van der Waals surface area contributed by atoms with Crippen LogP contribution in [0.15, 0.2) is 29.3 Å². The van der Waals surface area contributed by atoms with Gasteiger partial charge in [0, 0.05) is 11.6 Å². The molecule has 2 saturated carbocycles. The van der Waals surface area contributed by atoms with E-state index < -0.39 is 0 Å². The Bertz CT molecular complexity index is 496. The summed E-state index contributed by atoms with van der Waals surface area (Å²) in [6.07, 6.45) is 2.52. The second-order valence-electron chi connectivity index (χ2n) is 6.65. The first-order valence-electron chi connectivity index (χ1n) is 7.24. The van der Waals surface area contributed by atoms with E-state index in [-0.39, 0.29) is 0 Å². The molecule has 2 nitrogen and oxygen atoms in total. The van der Waals surface area contributed by atoms with Crippen molar-refractivity contribution >= 4 is 11.4 Å². The lowest BCUT2D eigenvalue weighted by molar-refractivity contribution is 0.182. The van der Waals surface area contributed by atoms with Gasteiger partial charge in [0.05, 0.1) is 12.8 Å². The van der Waals surface area contributed by atoms with E-state index in [0.717, 1.165) is 23.3 Å². The standard InChI is InChI=1S/C17H23NO/c1-11-15-9-12(17(11,2)3)10-16(15)18-13-5-7-14(19-4)8-6-13/h5-8,11-12,15H,9-10H2,1-4H3/t11-,12+,15+/m0/s1. The number of hydrogen-bond donors (Lipinski definition) is 0. The molecular weight excluding hydrogens is 234 g/mol. The third-order valence-electron chi connectivity index (χ3n) is 5.60. The topological polar surface area (TPSA) is 21.6 Å². The van der Waals surface area contributed by atoms with Crippen LogP contribution >= 0.6 is 0 Å². The van der Waals surface area contributed by atoms with Gasteiger partial charge < -0.3 is 4.74 Å². The lowest BCUT2D eigenvalue weighted by Crippen LogP contribution is -2.33. The SMILES string of the molecule is COc1ccc(N=C2C[C@H]3C[C@@H]2[C@H](C)C3(C)C)cc1. The molecule has 2 aliphatic rings. The minimum Gasteiger partial charge on any atom is -0.497 e. The maximum atomic E-state index is 5.18. The second kappa shape index (κ2) is 4.36. The molecule has 2 bridgehead atoms. The van der Waals surface area contributed by atoms with E-state index in [0.29, 0.717) is 11.3 Å². The maximum absolute atomic E-state index is 5.18. The van der Waals surface area contributed by atoms with Crippen LogP contribution in [0.25, 0.3) is 0 Å². The van der Waals surface area contributed by atoms with Gasteiger partial charge in [-0.25, -0.2) is 0 Å². The molecule has 1 aromatic rings. The van der Waals surface area contributed by atoms with E-state index in [1.165, 1.54) is 18.6 Å². The summed E-state index contributed by atoms with van der Waals surface area (Å²) in [7, 11) is 1.70. The predicted octanol–water partition coefficient (Wildman–Crippen LogP) is 4.47. The number of aliphatic imine (C=N–C) groups is 1. The number of benzene rings is 1. The Morgan fingerprint density at radius 1 is 1.21 bits per heavy atom. The van der Waals surface area contributed by atoms with Crippen molar-refractivity contribution in [2.24, 2.45) is 28.2 Å². The van der Waals surface area contributed by atoms with Crippen molar-refractivity contribution in [3.63, 3.8) is 0 Å². The highest BCUT2D eigenvalue weighted by Gasteiger charge is 2.53. The molecule has 0 aromatic heterocycles. The Morgan fingerprint density at radius 3 is 2.42 bits per heavy atom. The first-order valence-corrected chi connectivity index (χ1v) is 7.24. The number of methoxy groups -OCH3 is 1. The molecule has 0 aliphatic heterocycles. The van der Waals surface area contributed by atoms with E-state index in [1.54, 1.807) is 7.11 Å². The van der Waals surface area contributed by atoms with Gasteiger partial charge in [0.1, 0.15) is 5.75 Å². The highest BCUT2D eigenvalue weighted by Crippen LogP contribution is 2.58. The zero-order chi connectivity index (χ0) is 13.6. The normalized spacial score (nSPS) is 33.9. The fraction of sp³-hybridized carbons (Fsp3) is 0.588. The minimum atomic E-state index is 0.490. The van der Waals surface area contributed by atoms with Gasteiger partial charge in [0.15, 0.2) is 0 Å². The van der Waals surface area contributed by atoms with Crippen LogP contribution in [0.1, 0.15) is 33.6 Å². The fourth-order valence-electron chi connectivity index (χ4n) is 3.83. The van der Waals surface area contributed by atoms with Crippen LogP contribution in [0.3, 0.4) is 0 Å². The molecule has 2 heteroatoms. The third kappa shape index (κ3) is 1.98. The van der Waals surface area contributed by atoms with Crippen molar-refractivity contribution in [3.05, 3.63) is 24.3 Å². The summed E-state index contributed by atoms with van der Waals surface area (Å²) in [6, 6.07) is 8.07. The van der Waals surface area contributed by atoms with Crippen LogP contribution in [0.4, 0.5) is 5.69 Å². The molecule has 1 aromatic carbocycles. The van der Waals surface area contributed by atoms with Gasteiger partial charge in [-0.1, -0.05) is 20.8 Å². The largest absolute Gasteiger partial charge is 0.497 e. The van der Waals surface area contributed by atoms with Crippen LogP contribution in [-0.4, -0.2) is 12.8 Å². The summed E-state index contributed by atoms with van der Waals surface area (Å²) in [5.74, 6) is 3.17. The van der Waals surface area contributed by atoms with Crippen molar-refractivity contribution in [3.8, 4) is 5.75 Å². The Morgan fingerprint density at radius 2 is 1.89 bits per heavy atom. The maximum Gasteiger partial charge on any atom is 0.119 e. The van der Waals surface area contributed by atoms with Crippen LogP contribution in [0.2, 0.25) is 0 Å². The zero-order valence-electron chi connectivity index (χ0n) is 12.3. The number of fused-ring (bicyclic) bond motifs is 2. The summed E-state index contributed by atoms with van der Waals surface area (Å²) >= 11 is 0. The Kier molecular flexibility index (Phi) is 2.92. The predicted molar refractivity (Wildman–Crippen MR) is 79.2 cm³/mol. The molecule has 0 unspecified atom stereocenters. The Labute approximate surface area is 115 Å². The monoisotopic (exact) mass is 257 g/mol. The van der Waals surface area contributed by atoms with E-state index in [9.17, 15) is 0 Å². The zero-order valence-corrected chi connectivity index (χ0v) is 12.3. The highest BCUT2D eigenvalue weighted by atomic mass is 16.5. The summed E-state index contributed by atoms with van der Waals surface area (Å²) in [5.41, 5.74) is 2.97. The lowest BCUT2D eigenvalue weighted by Gasteiger charge is -2.36. The van der Waals surface area contributed by atoms with Gasteiger partial charge >= 0.3 is 0 Å². The lowest BCUT2D eigenvalue weighted by atomic mass is 9.69. The molecule has 2 fully saturated rings. The summed E-state index contributed by atoms with van der Waals surface area (Å²) in [6.45, 7) is 7.24. The number of ether oxygens (including phenoxy) is 1. The average molecular weight is 257 g/mol. The van der Waals surface area contributed by atoms with Crippen molar-refractivity contribution < 1.29 is 4.74 Å². The van der Waals surface area contributed by atoms with E-state index in [4.69, 9.17) is 9.73 Å². The second-order valence-corrected chi connectivity index (χ2v) is 6.65. The van der Waals surface area contributed by atoms with E-state index in [2.05, 4.69) is 20.8 Å². The summed E-state index contributed by atoms with van der Waals surface area (Å²) in [4.78, 5) is 4.89. The quantitative estimate of drug-likeness (QED) is 0.766. The van der Waals surface area contributed by atoms with Crippen LogP contribution in [0.5, 0.6) is 5.75 Å². The molecule has 3 rings (SSSR count). The fourth-order valence-corrected chi connectivity index (χ4v) is 3.83. The first kappa shape index (κ1) is 12.7. The van der Waals surface area contributed by atoms with E-state index in [1.807, 2.05) is 24.3 Å². The van der Waals surface area contributed by atoms with Gasteiger partial charge in [0.25, 0.3) is 0 Å². The molecule has 102 valence electrons. The number of rotatable bonds is 2. The van der Waals surface area contributed by atoms with Crippen LogP contribution < -0.4 is 4.74 Å². The number of nitrogens with zero attached hydrogens (tertiary/aromatic N) is 1. The average Bonchev–Trinajstić information content (AvgIpc) is 2.90. The molecule has 2 aliphatic carbocycles. The Balaban J connectivity index is 1.83. The van der Waals surface area contributed by atoms with Gasteiger partial charge in [0.2, 0.25) is 0 Å². The molecule has 3 atom stereocenters. The van der Waals surface area contributed by atoms with Crippen molar-refractivity contribution in [1.29, 1.82) is 0 Å². The summed E-state index contributed by atoms with van der Waals surface area (Å²) in [5, 5.41) is 0. The smallest absolute Gasteiger partial charge is 0.119 e. The Hall–Kier alpha value is -1.31. The molecule has 0 spiro atoms. The van der Waals surface area contributed by atoms with Gasteiger partial charge in [-0.2, -0.15) is 0 Å². The third-order valence-corrected chi connectivity index (χ3v) is 5.60. The van der Waals surface area contributed by atoms with Crippen LogP contribution in [-0.2, 0) is 0 Å². The van der Waals surface area contributed by atoms with Crippen molar-refractivity contribution in [2.45, 2.75) is 33.6 Å². The van der Waals surface area contributed by atoms with Crippen molar-refractivity contribution in [2.75, 3.05) is 7.11 Å². The van der Waals surface area contributed by atoms with Crippen LogP contribution in [0, 0.1) is 23.2 Å². The first-order chi connectivity index (χ1) is 9.02. The minimum absolute atomic E-state index is 0.490. The van der Waals surface area contributed by atoms with Gasteiger partial charge in [-0.05, 0) is 54.4 Å². The number of hydrogen-bond acceptors (Lipinski definition) is 2.